The Morgan fingerprint density at radius 2 is 2.29 bits per heavy atom. The largest absolute Gasteiger partial charge is 0.381 e. The van der Waals surface area contributed by atoms with Crippen molar-refractivity contribution < 1.29 is 4.74 Å². The first kappa shape index (κ1) is 12.0. The van der Waals surface area contributed by atoms with E-state index in [4.69, 9.17) is 4.74 Å². The molecule has 2 atom stereocenters. The molecule has 1 rings (SSSR count). The highest BCUT2D eigenvalue weighted by Crippen LogP contribution is 2.15. The van der Waals surface area contributed by atoms with Gasteiger partial charge in [0.15, 0.2) is 0 Å². The summed E-state index contributed by atoms with van der Waals surface area (Å²) in [5.41, 5.74) is 0. The summed E-state index contributed by atoms with van der Waals surface area (Å²) in [7, 11) is 4.24. The van der Waals surface area contributed by atoms with Gasteiger partial charge in [0.1, 0.15) is 0 Å². The molecule has 84 valence electrons. The molecule has 1 fully saturated rings. The van der Waals surface area contributed by atoms with Gasteiger partial charge in [-0.05, 0) is 52.9 Å². The summed E-state index contributed by atoms with van der Waals surface area (Å²) < 4.78 is 5.37. The monoisotopic (exact) mass is 200 g/mol. The van der Waals surface area contributed by atoms with Gasteiger partial charge in [0.25, 0.3) is 0 Å². The van der Waals surface area contributed by atoms with Crippen LogP contribution in [0, 0.1) is 5.92 Å². The fourth-order valence-electron chi connectivity index (χ4n) is 1.84. The molecule has 0 aromatic carbocycles. The van der Waals surface area contributed by atoms with Crippen molar-refractivity contribution in [1.82, 2.24) is 10.2 Å². The van der Waals surface area contributed by atoms with Crippen LogP contribution in [0.25, 0.3) is 0 Å². The van der Waals surface area contributed by atoms with Gasteiger partial charge < -0.3 is 15.0 Å². The van der Waals surface area contributed by atoms with E-state index in [0.717, 1.165) is 25.7 Å². The minimum Gasteiger partial charge on any atom is -0.381 e. The fraction of sp³-hybridized carbons (Fsp3) is 1.00. The Bertz CT molecular complexity index is 144. The predicted molar refractivity (Wildman–Crippen MR) is 59.6 cm³/mol. The highest BCUT2D eigenvalue weighted by molar-refractivity contribution is 4.75. The molecule has 3 nitrogen and oxygen atoms in total. The van der Waals surface area contributed by atoms with Crippen LogP contribution < -0.4 is 5.32 Å². The first-order valence-corrected chi connectivity index (χ1v) is 5.66. The van der Waals surface area contributed by atoms with Crippen LogP contribution >= 0.6 is 0 Å². The second-order valence-electron chi connectivity index (χ2n) is 4.52. The number of hydrogen-bond acceptors (Lipinski definition) is 3. The van der Waals surface area contributed by atoms with E-state index < -0.39 is 0 Å². The molecule has 1 aliphatic heterocycles. The van der Waals surface area contributed by atoms with Crippen molar-refractivity contribution >= 4 is 0 Å². The third-order valence-corrected chi connectivity index (χ3v) is 2.92. The molecule has 1 aliphatic rings. The summed E-state index contributed by atoms with van der Waals surface area (Å²) in [5, 5.41) is 3.57. The molecule has 0 aromatic heterocycles. The van der Waals surface area contributed by atoms with Crippen molar-refractivity contribution in [2.24, 2.45) is 5.92 Å². The maximum atomic E-state index is 5.37. The van der Waals surface area contributed by atoms with E-state index in [2.05, 4.69) is 31.2 Å². The molecule has 0 radical (unpaired) electrons. The zero-order chi connectivity index (χ0) is 10.4. The van der Waals surface area contributed by atoms with Crippen LogP contribution in [0.4, 0.5) is 0 Å². The molecule has 0 spiro atoms. The summed E-state index contributed by atoms with van der Waals surface area (Å²) in [5.74, 6) is 0.731. The lowest BCUT2D eigenvalue weighted by atomic mass is 10.0. The lowest BCUT2D eigenvalue weighted by Crippen LogP contribution is -2.35. The standard InChI is InChI=1S/C11H24N2O/c1-10(11-5-8-14-9-11)12-6-4-7-13(2)3/h10-12H,4-9H2,1-3H3. The molecule has 3 heteroatoms. The molecular weight excluding hydrogens is 176 g/mol. The molecule has 2 unspecified atom stereocenters. The van der Waals surface area contributed by atoms with Gasteiger partial charge in [0.2, 0.25) is 0 Å². The van der Waals surface area contributed by atoms with Gasteiger partial charge in [-0.3, -0.25) is 0 Å². The first-order chi connectivity index (χ1) is 6.70. The topological polar surface area (TPSA) is 24.5 Å². The van der Waals surface area contributed by atoms with Crippen LogP contribution in [0.5, 0.6) is 0 Å². The van der Waals surface area contributed by atoms with E-state index in [0.29, 0.717) is 6.04 Å². The van der Waals surface area contributed by atoms with Crippen LogP contribution in [0.15, 0.2) is 0 Å². The molecule has 14 heavy (non-hydrogen) atoms. The van der Waals surface area contributed by atoms with Gasteiger partial charge in [0.05, 0.1) is 6.61 Å². The van der Waals surface area contributed by atoms with Crippen LogP contribution in [0.3, 0.4) is 0 Å². The van der Waals surface area contributed by atoms with Crippen molar-refractivity contribution in [1.29, 1.82) is 0 Å². The van der Waals surface area contributed by atoms with Gasteiger partial charge in [-0.15, -0.1) is 0 Å². The molecule has 1 saturated heterocycles. The third kappa shape index (κ3) is 4.40. The Kier molecular flexibility index (Phi) is 5.45. The molecular formula is C11H24N2O. The zero-order valence-corrected chi connectivity index (χ0v) is 9.75. The van der Waals surface area contributed by atoms with Crippen LogP contribution in [0.2, 0.25) is 0 Å². The molecule has 0 aliphatic carbocycles. The molecule has 0 bridgehead atoms. The lowest BCUT2D eigenvalue weighted by molar-refractivity contribution is 0.178. The van der Waals surface area contributed by atoms with Crippen molar-refractivity contribution in [2.75, 3.05) is 40.4 Å². The SMILES string of the molecule is CC(NCCCN(C)C)C1CCOC1. The van der Waals surface area contributed by atoms with Crippen LogP contribution in [-0.2, 0) is 4.74 Å². The van der Waals surface area contributed by atoms with E-state index in [1.165, 1.54) is 19.4 Å². The van der Waals surface area contributed by atoms with E-state index in [1.54, 1.807) is 0 Å². The minimum atomic E-state index is 0.611. The Morgan fingerprint density at radius 1 is 1.50 bits per heavy atom. The number of nitrogens with one attached hydrogen (secondary N) is 1. The van der Waals surface area contributed by atoms with Gasteiger partial charge >= 0.3 is 0 Å². The Morgan fingerprint density at radius 3 is 2.86 bits per heavy atom. The second kappa shape index (κ2) is 6.38. The van der Waals surface area contributed by atoms with Crippen LogP contribution in [-0.4, -0.2) is 51.3 Å². The summed E-state index contributed by atoms with van der Waals surface area (Å²) in [6.07, 6.45) is 2.45. The Hall–Kier alpha value is -0.120. The van der Waals surface area contributed by atoms with Gasteiger partial charge in [-0.25, -0.2) is 0 Å². The highest BCUT2D eigenvalue weighted by atomic mass is 16.5. The van der Waals surface area contributed by atoms with Crippen molar-refractivity contribution in [3.63, 3.8) is 0 Å². The van der Waals surface area contributed by atoms with Crippen molar-refractivity contribution in [3.8, 4) is 0 Å². The Balaban J connectivity index is 1.99. The average molecular weight is 200 g/mol. The molecule has 1 heterocycles. The highest BCUT2D eigenvalue weighted by Gasteiger charge is 2.21. The maximum Gasteiger partial charge on any atom is 0.0509 e. The van der Waals surface area contributed by atoms with Crippen LogP contribution in [0.1, 0.15) is 19.8 Å². The number of nitrogens with zero attached hydrogens (tertiary/aromatic N) is 1. The summed E-state index contributed by atoms with van der Waals surface area (Å²) in [4.78, 5) is 2.23. The van der Waals surface area contributed by atoms with Crippen molar-refractivity contribution in [2.45, 2.75) is 25.8 Å². The third-order valence-electron chi connectivity index (χ3n) is 2.92. The van der Waals surface area contributed by atoms with E-state index in [9.17, 15) is 0 Å². The van der Waals surface area contributed by atoms with E-state index in [1.807, 2.05) is 0 Å². The zero-order valence-electron chi connectivity index (χ0n) is 9.75. The summed E-state index contributed by atoms with van der Waals surface area (Å²) in [6, 6.07) is 0.611. The predicted octanol–water partition coefficient (Wildman–Crippen LogP) is 0.953. The molecule has 1 N–H and O–H groups in total. The number of hydrogen-bond donors (Lipinski definition) is 1. The fourth-order valence-corrected chi connectivity index (χ4v) is 1.84. The lowest BCUT2D eigenvalue weighted by Gasteiger charge is -2.19. The van der Waals surface area contributed by atoms with Gasteiger partial charge in [0, 0.05) is 12.6 Å². The summed E-state index contributed by atoms with van der Waals surface area (Å²) >= 11 is 0. The number of ether oxygens (including phenoxy) is 1. The van der Waals surface area contributed by atoms with Crippen molar-refractivity contribution in [3.05, 3.63) is 0 Å². The summed E-state index contributed by atoms with van der Waals surface area (Å²) in [6.45, 7) is 6.46. The number of rotatable bonds is 6. The first-order valence-electron chi connectivity index (χ1n) is 5.66. The normalized spacial score (nSPS) is 24.4. The van der Waals surface area contributed by atoms with E-state index >= 15 is 0 Å². The average Bonchev–Trinajstić information content (AvgIpc) is 2.64. The van der Waals surface area contributed by atoms with E-state index in [-0.39, 0.29) is 0 Å². The maximum absolute atomic E-state index is 5.37. The smallest absolute Gasteiger partial charge is 0.0509 e. The van der Waals surface area contributed by atoms with Gasteiger partial charge in [-0.2, -0.15) is 0 Å². The quantitative estimate of drug-likeness (QED) is 0.646. The second-order valence-corrected chi connectivity index (χ2v) is 4.52. The molecule has 0 aromatic rings. The Labute approximate surface area is 87.8 Å². The van der Waals surface area contributed by atoms with Gasteiger partial charge in [-0.1, -0.05) is 0 Å². The molecule has 0 saturated carbocycles. The minimum absolute atomic E-state index is 0.611. The molecule has 0 amide bonds.